The molecule has 2 aliphatic rings. The average Bonchev–Trinajstić information content (AvgIpc) is 2.54. The van der Waals surface area contributed by atoms with Gasteiger partial charge in [0.2, 0.25) is 0 Å². The van der Waals surface area contributed by atoms with Gasteiger partial charge in [0.25, 0.3) is 0 Å². The van der Waals surface area contributed by atoms with Crippen LogP contribution in [0.2, 0.25) is 0 Å². The van der Waals surface area contributed by atoms with E-state index in [1.807, 2.05) is 0 Å². The van der Waals surface area contributed by atoms with Crippen LogP contribution in [0.3, 0.4) is 0 Å². The van der Waals surface area contributed by atoms with E-state index in [-0.39, 0.29) is 0 Å². The van der Waals surface area contributed by atoms with Crippen LogP contribution in [0.1, 0.15) is 58.2 Å². The maximum atomic E-state index is 4.82. The van der Waals surface area contributed by atoms with Crippen LogP contribution in [0, 0.1) is 5.92 Å². The van der Waals surface area contributed by atoms with E-state index in [1.54, 1.807) is 0 Å². The fourth-order valence-corrected chi connectivity index (χ4v) is 3.97. The summed E-state index contributed by atoms with van der Waals surface area (Å²) in [5, 5.41) is 3.36. The molecule has 2 heterocycles. The van der Waals surface area contributed by atoms with Crippen molar-refractivity contribution < 1.29 is 0 Å². The molecule has 1 saturated carbocycles. The van der Waals surface area contributed by atoms with E-state index in [9.17, 15) is 0 Å². The molecule has 0 bridgehead atoms. The van der Waals surface area contributed by atoms with Crippen LogP contribution in [0.15, 0.2) is 6.07 Å². The van der Waals surface area contributed by atoms with Crippen LogP contribution in [-0.4, -0.2) is 29.1 Å². The second-order valence-electron chi connectivity index (χ2n) is 6.36. The summed E-state index contributed by atoms with van der Waals surface area (Å²) in [7, 11) is 0. The third kappa shape index (κ3) is 3.14. The highest BCUT2D eigenvalue weighted by Crippen LogP contribution is 2.37. The zero-order valence-electron chi connectivity index (χ0n) is 13.4. The molecule has 2 unspecified atom stereocenters. The number of nitrogens with zero attached hydrogens (tertiary/aromatic N) is 3. The molecular weight excluding hydrogens is 260 g/mol. The number of hydrogen-bond acceptors (Lipinski definition) is 4. The van der Waals surface area contributed by atoms with Crippen molar-refractivity contribution in [1.29, 1.82) is 0 Å². The quantitative estimate of drug-likeness (QED) is 0.918. The lowest BCUT2D eigenvalue weighted by Crippen LogP contribution is -2.47. The molecule has 21 heavy (non-hydrogen) atoms. The molecule has 1 saturated heterocycles. The van der Waals surface area contributed by atoms with Gasteiger partial charge in [-0.2, -0.15) is 0 Å². The first-order valence-electron chi connectivity index (χ1n) is 8.70. The van der Waals surface area contributed by atoms with Gasteiger partial charge in [0, 0.05) is 31.6 Å². The molecule has 0 spiro atoms. The number of fused-ring (bicyclic) bond motifs is 1. The van der Waals surface area contributed by atoms with Crippen molar-refractivity contribution in [2.75, 3.05) is 23.3 Å². The van der Waals surface area contributed by atoms with Crippen LogP contribution in [0.25, 0.3) is 0 Å². The smallest absolute Gasteiger partial charge is 0.134 e. The molecule has 0 aromatic carbocycles. The van der Waals surface area contributed by atoms with Crippen molar-refractivity contribution in [2.45, 2.75) is 64.8 Å². The highest BCUT2D eigenvalue weighted by Gasteiger charge is 2.34. The number of piperidine rings is 1. The molecule has 1 aliphatic heterocycles. The van der Waals surface area contributed by atoms with E-state index < -0.39 is 0 Å². The summed E-state index contributed by atoms with van der Waals surface area (Å²) in [6.07, 6.45) is 9.16. The molecule has 1 aromatic heterocycles. The summed E-state index contributed by atoms with van der Waals surface area (Å²) < 4.78 is 0. The molecule has 116 valence electrons. The van der Waals surface area contributed by atoms with Crippen LogP contribution in [0.5, 0.6) is 0 Å². The highest BCUT2D eigenvalue weighted by molar-refractivity contribution is 5.50. The summed E-state index contributed by atoms with van der Waals surface area (Å²) in [4.78, 5) is 12.0. The minimum absolute atomic E-state index is 0.710. The number of nitrogens with one attached hydrogen (secondary N) is 1. The molecule has 3 rings (SSSR count). The Kier molecular flexibility index (Phi) is 4.61. The fraction of sp³-hybridized carbons (Fsp3) is 0.765. The van der Waals surface area contributed by atoms with E-state index in [1.165, 1.54) is 38.5 Å². The highest BCUT2D eigenvalue weighted by atomic mass is 15.2. The van der Waals surface area contributed by atoms with Crippen LogP contribution in [-0.2, 0) is 6.42 Å². The minimum Gasteiger partial charge on any atom is -0.370 e. The van der Waals surface area contributed by atoms with E-state index >= 15 is 0 Å². The summed E-state index contributed by atoms with van der Waals surface area (Å²) in [5.74, 6) is 3.98. The predicted molar refractivity (Wildman–Crippen MR) is 87.9 cm³/mol. The molecule has 1 aliphatic carbocycles. The van der Waals surface area contributed by atoms with Crippen molar-refractivity contribution in [1.82, 2.24) is 9.97 Å². The van der Waals surface area contributed by atoms with Gasteiger partial charge in [-0.05, 0) is 38.5 Å². The van der Waals surface area contributed by atoms with Gasteiger partial charge in [-0.3, -0.25) is 0 Å². The van der Waals surface area contributed by atoms with Gasteiger partial charge in [0.05, 0.1) is 0 Å². The molecule has 2 fully saturated rings. The van der Waals surface area contributed by atoms with E-state index in [4.69, 9.17) is 4.98 Å². The first-order chi connectivity index (χ1) is 10.3. The van der Waals surface area contributed by atoms with Gasteiger partial charge in [-0.1, -0.05) is 19.8 Å². The zero-order valence-corrected chi connectivity index (χ0v) is 13.4. The lowest BCUT2D eigenvalue weighted by atomic mass is 9.78. The maximum Gasteiger partial charge on any atom is 0.134 e. The molecule has 4 nitrogen and oxygen atoms in total. The Bertz CT molecular complexity index is 472. The second-order valence-corrected chi connectivity index (χ2v) is 6.36. The van der Waals surface area contributed by atoms with Gasteiger partial charge in [0.1, 0.15) is 17.5 Å². The van der Waals surface area contributed by atoms with Gasteiger partial charge in [-0.15, -0.1) is 0 Å². The number of hydrogen-bond donors (Lipinski definition) is 1. The van der Waals surface area contributed by atoms with Gasteiger partial charge >= 0.3 is 0 Å². The Morgan fingerprint density at radius 2 is 1.95 bits per heavy atom. The number of aromatic nitrogens is 2. The van der Waals surface area contributed by atoms with Gasteiger partial charge in [-0.25, -0.2) is 9.97 Å². The van der Waals surface area contributed by atoms with Crippen molar-refractivity contribution >= 4 is 11.6 Å². The Morgan fingerprint density at radius 1 is 1.14 bits per heavy atom. The van der Waals surface area contributed by atoms with Crippen molar-refractivity contribution in [3.05, 3.63) is 11.9 Å². The van der Waals surface area contributed by atoms with Crippen LogP contribution >= 0.6 is 0 Å². The lowest BCUT2D eigenvalue weighted by molar-refractivity contribution is 0.242. The van der Waals surface area contributed by atoms with Crippen LogP contribution < -0.4 is 10.2 Å². The summed E-state index contributed by atoms with van der Waals surface area (Å²) >= 11 is 0. The Morgan fingerprint density at radius 3 is 2.76 bits per heavy atom. The van der Waals surface area contributed by atoms with Crippen molar-refractivity contribution in [2.24, 2.45) is 5.92 Å². The Hall–Kier alpha value is -1.32. The molecule has 1 N–H and O–H groups in total. The standard InChI is InChI=1S/C17H28N4/c1-3-15-19-16(18-4-2)12-17(20-15)21-11-7-9-13-8-5-6-10-14(13)21/h12-14H,3-11H2,1-2H3,(H,18,19,20). The third-order valence-electron chi connectivity index (χ3n) is 4.97. The predicted octanol–water partition coefficient (Wildman–Crippen LogP) is 3.63. The molecule has 0 radical (unpaired) electrons. The summed E-state index contributed by atoms with van der Waals surface area (Å²) in [5.41, 5.74) is 0. The number of rotatable bonds is 4. The monoisotopic (exact) mass is 288 g/mol. The first-order valence-corrected chi connectivity index (χ1v) is 8.70. The topological polar surface area (TPSA) is 41.0 Å². The van der Waals surface area contributed by atoms with Crippen LogP contribution in [0.4, 0.5) is 11.6 Å². The summed E-state index contributed by atoms with van der Waals surface area (Å²) in [6, 6.07) is 2.86. The Balaban J connectivity index is 1.88. The molecular formula is C17H28N4. The summed E-state index contributed by atoms with van der Waals surface area (Å²) in [6.45, 7) is 6.32. The number of anilines is 2. The number of aryl methyl sites for hydroxylation is 1. The van der Waals surface area contributed by atoms with Gasteiger partial charge in [0.15, 0.2) is 0 Å². The molecule has 1 aromatic rings. The Labute approximate surface area is 128 Å². The van der Waals surface area contributed by atoms with E-state index in [0.717, 1.165) is 42.9 Å². The molecule has 2 atom stereocenters. The average molecular weight is 288 g/mol. The molecule has 4 heteroatoms. The second kappa shape index (κ2) is 6.63. The normalized spacial score (nSPS) is 25.5. The fourth-order valence-electron chi connectivity index (χ4n) is 3.97. The van der Waals surface area contributed by atoms with Crippen molar-refractivity contribution in [3.63, 3.8) is 0 Å². The van der Waals surface area contributed by atoms with Gasteiger partial charge < -0.3 is 10.2 Å². The maximum absolute atomic E-state index is 4.82. The van der Waals surface area contributed by atoms with Crippen molar-refractivity contribution in [3.8, 4) is 0 Å². The third-order valence-corrected chi connectivity index (χ3v) is 4.97. The van der Waals surface area contributed by atoms with E-state index in [0.29, 0.717) is 6.04 Å². The first kappa shape index (κ1) is 14.6. The largest absolute Gasteiger partial charge is 0.370 e. The van der Waals surface area contributed by atoms with E-state index in [2.05, 4.69) is 35.1 Å². The minimum atomic E-state index is 0.710. The zero-order chi connectivity index (χ0) is 14.7. The molecule has 0 amide bonds. The lowest BCUT2D eigenvalue weighted by Gasteiger charge is -2.44. The SMILES string of the molecule is CCNc1cc(N2CCCC3CCCCC32)nc(CC)n1.